The second-order valence-electron chi connectivity index (χ2n) is 5.03. The minimum Gasteiger partial charge on any atom is -0.356 e. The van der Waals surface area contributed by atoms with E-state index in [0.717, 1.165) is 30.5 Å². The fourth-order valence-electron chi connectivity index (χ4n) is 2.67. The lowest BCUT2D eigenvalue weighted by molar-refractivity contribution is 0.529. The first-order chi connectivity index (χ1) is 8.24. The molecule has 0 bridgehead atoms. The van der Waals surface area contributed by atoms with E-state index < -0.39 is 0 Å². The molecule has 0 spiro atoms. The summed E-state index contributed by atoms with van der Waals surface area (Å²) < 4.78 is 0. The van der Waals surface area contributed by atoms with E-state index in [4.69, 9.17) is 5.73 Å². The Bertz CT molecular complexity index is 376. The van der Waals surface area contributed by atoms with Crippen molar-refractivity contribution in [2.75, 3.05) is 18.0 Å². The zero-order valence-corrected chi connectivity index (χ0v) is 10.9. The van der Waals surface area contributed by atoms with Crippen LogP contribution < -0.4 is 10.6 Å². The molecule has 2 rings (SSSR count). The Kier molecular flexibility index (Phi) is 4.00. The average Bonchev–Trinajstić information content (AvgIpc) is 2.78. The zero-order valence-electron chi connectivity index (χ0n) is 10.9. The van der Waals surface area contributed by atoms with Gasteiger partial charge in [0.25, 0.3) is 0 Å². The number of nitrogens with zero attached hydrogens (tertiary/aromatic N) is 2. The van der Waals surface area contributed by atoms with Crippen LogP contribution in [0.5, 0.6) is 0 Å². The molecule has 3 nitrogen and oxygen atoms in total. The summed E-state index contributed by atoms with van der Waals surface area (Å²) in [7, 11) is 0. The first kappa shape index (κ1) is 12.4. The molecule has 1 aliphatic heterocycles. The van der Waals surface area contributed by atoms with Crippen molar-refractivity contribution in [3.63, 3.8) is 0 Å². The van der Waals surface area contributed by atoms with Crippen molar-refractivity contribution in [1.82, 2.24) is 4.98 Å². The summed E-state index contributed by atoms with van der Waals surface area (Å²) in [5.74, 6) is 1.96. The number of pyridine rings is 1. The van der Waals surface area contributed by atoms with Crippen molar-refractivity contribution in [2.45, 2.75) is 39.7 Å². The Labute approximate surface area is 104 Å². The fourth-order valence-corrected chi connectivity index (χ4v) is 2.67. The van der Waals surface area contributed by atoms with Gasteiger partial charge in [-0.05, 0) is 31.7 Å². The second-order valence-corrected chi connectivity index (χ2v) is 5.03. The van der Waals surface area contributed by atoms with Crippen LogP contribution in [0.25, 0.3) is 0 Å². The topological polar surface area (TPSA) is 42.2 Å². The molecular formula is C14H23N3. The molecule has 0 radical (unpaired) electrons. The number of aryl methyl sites for hydroxylation is 1. The molecule has 2 N–H and O–H groups in total. The maximum absolute atomic E-state index is 5.79. The van der Waals surface area contributed by atoms with Crippen molar-refractivity contribution in [3.05, 3.63) is 23.4 Å². The lowest BCUT2D eigenvalue weighted by Crippen LogP contribution is -2.23. The summed E-state index contributed by atoms with van der Waals surface area (Å²) in [6.45, 7) is 7.17. The molecule has 3 heteroatoms. The smallest absolute Gasteiger partial charge is 0.133 e. The van der Waals surface area contributed by atoms with Crippen LogP contribution in [0.15, 0.2) is 12.1 Å². The van der Waals surface area contributed by atoms with Gasteiger partial charge in [0, 0.05) is 30.9 Å². The Hall–Kier alpha value is -1.09. The molecule has 1 unspecified atom stereocenters. The molecule has 2 heterocycles. The third-order valence-corrected chi connectivity index (χ3v) is 3.60. The summed E-state index contributed by atoms with van der Waals surface area (Å²) in [4.78, 5) is 7.08. The summed E-state index contributed by atoms with van der Waals surface area (Å²) >= 11 is 0. The van der Waals surface area contributed by atoms with Gasteiger partial charge in [0.15, 0.2) is 0 Å². The molecule has 0 aromatic carbocycles. The van der Waals surface area contributed by atoms with Crippen molar-refractivity contribution < 1.29 is 0 Å². The molecule has 17 heavy (non-hydrogen) atoms. The predicted molar refractivity (Wildman–Crippen MR) is 72.1 cm³/mol. The number of hydrogen-bond acceptors (Lipinski definition) is 3. The molecule has 0 saturated carbocycles. The van der Waals surface area contributed by atoms with Gasteiger partial charge in [0.1, 0.15) is 5.82 Å². The van der Waals surface area contributed by atoms with Crippen molar-refractivity contribution in [3.8, 4) is 0 Å². The number of nitrogens with two attached hydrogens (primary N) is 1. The van der Waals surface area contributed by atoms with E-state index in [1.54, 1.807) is 0 Å². The van der Waals surface area contributed by atoms with Gasteiger partial charge in [-0.3, -0.25) is 0 Å². The highest BCUT2D eigenvalue weighted by molar-refractivity contribution is 5.48. The molecule has 1 aromatic heterocycles. The minimum atomic E-state index is 0.581. The number of anilines is 1. The molecule has 0 amide bonds. The van der Waals surface area contributed by atoms with Crippen molar-refractivity contribution in [2.24, 2.45) is 11.7 Å². The summed E-state index contributed by atoms with van der Waals surface area (Å²) in [5, 5.41) is 0. The Morgan fingerprint density at radius 2 is 2.29 bits per heavy atom. The minimum absolute atomic E-state index is 0.581. The maximum Gasteiger partial charge on any atom is 0.133 e. The van der Waals surface area contributed by atoms with E-state index in [1.807, 2.05) is 13.0 Å². The highest BCUT2D eigenvalue weighted by atomic mass is 15.2. The van der Waals surface area contributed by atoms with E-state index in [9.17, 15) is 0 Å². The average molecular weight is 233 g/mol. The van der Waals surface area contributed by atoms with Crippen LogP contribution in [0.2, 0.25) is 0 Å². The molecular weight excluding hydrogens is 210 g/mol. The van der Waals surface area contributed by atoms with Gasteiger partial charge in [-0.15, -0.1) is 0 Å². The predicted octanol–water partition coefficient (Wildman–Crippen LogP) is 2.48. The monoisotopic (exact) mass is 233 g/mol. The van der Waals surface area contributed by atoms with Gasteiger partial charge in [-0.1, -0.05) is 19.4 Å². The molecule has 0 aliphatic carbocycles. The van der Waals surface area contributed by atoms with Gasteiger partial charge < -0.3 is 10.6 Å². The SMILES string of the molecule is CCCC1CCN(c2nc(C)ccc2CN)C1. The third-order valence-electron chi connectivity index (χ3n) is 3.60. The highest BCUT2D eigenvalue weighted by Crippen LogP contribution is 2.27. The van der Waals surface area contributed by atoms with Gasteiger partial charge >= 0.3 is 0 Å². The number of rotatable bonds is 4. The largest absolute Gasteiger partial charge is 0.356 e. The molecule has 1 fully saturated rings. The standard InChI is InChI=1S/C14H23N3/c1-3-4-12-7-8-17(10-12)14-13(9-15)6-5-11(2)16-14/h5-6,12H,3-4,7-10,15H2,1-2H3. The van der Waals surface area contributed by atoms with Crippen LogP contribution in [0.1, 0.15) is 37.4 Å². The molecule has 1 atom stereocenters. The van der Waals surface area contributed by atoms with Gasteiger partial charge in [0.05, 0.1) is 0 Å². The number of aromatic nitrogens is 1. The van der Waals surface area contributed by atoms with Gasteiger partial charge in [-0.25, -0.2) is 4.98 Å². The lowest BCUT2D eigenvalue weighted by atomic mass is 10.0. The molecule has 1 aromatic rings. The molecule has 94 valence electrons. The van der Waals surface area contributed by atoms with Crippen LogP contribution >= 0.6 is 0 Å². The van der Waals surface area contributed by atoms with E-state index in [-0.39, 0.29) is 0 Å². The summed E-state index contributed by atoms with van der Waals surface area (Å²) in [5.41, 5.74) is 8.05. The van der Waals surface area contributed by atoms with Crippen LogP contribution in [-0.4, -0.2) is 18.1 Å². The van der Waals surface area contributed by atoms with Crippen LogP contribution in [-0.2, 0) is 6.54 Å². The quantitative estimate of drug-likeness (QED) is 0.868. The van der Waals surface area contributed by atoms with Crippen LogP contribution in [0.3, 0.4) is 0 Å². The number of hydrogen-bond donors (Lipinski definition) is 1. The summed E-state index contributed by atoms with van der Waals surface area (Å²) in [6.07, 6.45) is 3.91. The van der Waals surface area contributed by atoms with E-state index >= 15 is 0 Å². The van der Waals surface area contributed by atoms with E-state index in [2.05, 4.69) is 22.9 Å². The Morgan fingerprint density at radius 1 is 1.47 bits per heavy atom. The highest BCUT2D eigenvalue weighted by Gasteiger charge is 2.24. The normalized spacial score (nSPS) is 19.9. The maximum atomic E-state index is 5.79. The van der Waals surface area contributed by atoms with Gasteiger partial charge in [-0.2, -0.15) is 0 Å². The first-order valence-corrected chi connectivity index (χ1v) is 6.66. The zero-order chi connectivity index (χ0) is 12.3. The Morgan fingerprint density at radius 3 is 3.00 bits per heavy atom. The van der Waals surface area contributed by atoms with Crippen molar-refractivity contribution >= 4 is 5.82 Å². The van der Waals surface area contributed by atoms with Gasteiger partial charge in [0.2, 0.25) is 0 Å². The van der Waals surface area contributed by atoms with Crippen molar-refractivity contribution in [1.29, 1.82) is 0 Å². The second kappa shape index (κ2) is 5.50. The first-order valence-electron chi connectivity index (χ1n) is 6.66. The third kappa shape index (κ3) is 2.78. The molecule has 1 aliphatic rings. The van der Waals surface area contributed by atoms with E-state index in [1.165, 1.54) is 24.8 Å². The van der Waals surface area contributed by atoms with Crippen LogP contribution in [0, 0.1) is 12.8 Å². The lowest BCUT2D eigenvalue weighted by Gasteiger charge is -2.21. The Balaban J connectivity index is 2.14. The molecule has 1 saturated heterocycles. The fraction of sp³-hybridized carbons (Fsp3) is 0.643. The summed E-state index contributed by atoms with van der Waals surface area (Å²) in [6, 6.07) is 4.16. The van der Waals surface area contributed by atoms with E-state index in [0.29, 0.717) is 6.54 Å². The van der Waals surface area contributed by atoms with Crippen LogP contribution in [0.4, 0.5) is 5.82 Å².